The largest absolute Gasteiger partial charge is 0.494 e. The standard InChI is InChI=1S/C15H25NO3/c16-14-6-8-15(9-7-14)19-10-4-2-1-3-5-13(11-17)12-18/h6-9,13,17-18H,1-5,10-12,16H2. The van der Waals surface area contributed by atoms with Crippen LogP contribution in [0.1, 0.15) is 32.1 Å². The third-order valence-electron chi connectivity index (χ3n) is 3.17. The average Bonchev–Trinajstić information content (AvgIpc) is 2.44. The molecule has 1 aromatic rings. The normalized spacial score (nSPS) is 10.9. The number of anilines is 1. The smallest absolute Gasteiger partial charge is 0.119 e. The van der Waals surface area contributed by atoms with Gasteiger partial charge < -0.3 is 20.7 Å². The maximum atomic E-state index is 8.92. The summed E-state index contributed by atoms with van der Waals surface area (Å²) in [5.74, 6) is 0.904. The molecule has 0 saturated carbocycles. The molecule has 0 saturated heterocycles. The van der Waals surface area contributed by atoms with Gasteiger partial charge in [-0.05, 0) is 37.1 Å². The first-order valence-electron chi connectivity index (χ1n) is 6.96. The minimum absolute atomic E-state index is 0.0472. The van der Waals surface area contributed by atoms with Crippen molar-refractivity contribution in [3.8, 4) is 5.75 Å². The van der Waals surface area contributed by atoms with Crippen molar-refractivity contribution >= 4 is 5.69 Å². The number of aliphatic hydroxyl groups excluding tert-OH is 2. The van der Waals surface area contributed by atoms with Gasteiger partial charge in [-0.25, -0.2) is 0 Å². The van der Waals surface area contributed by atoms with Crippen molar-refractivity contribution in [3.63, 3.8) is 0 Å². The first-order chi connectivity index (χ1) is 9.26. The van der Waals surface area contributed by atoms with Crippen molar-refractivity contribution in [2.45, 2.75) is 32.1 Å². The molecule has 0 aliphatic rings. The Labute approximate surface area is 115 Å². The van der Waals surface area contributed by atoms with Crippen LogP contribution in [0, 0.1) is 5.92 Å². The van der Waals surface area contributed by atoms with Gasteiger partial charge in [0, 0.05) is 24.8 Å². The van der Waals surface area contributed by atoms with E-state index in [9.17, 15) is 0 Å². The van der Waals surface area contributed by atoms with Gasteiger partial charge in [0.1, 0.15) is 5.75 Å². The number of benzene rings is 1. The van der Waals surface area contributed by atoms with Crippen molar-refractivity contribution in [2.24, 2.45) is 5.92 Å². The molecule has 0 heterocycles. The van der Waals surface area contributed by atoms with Crippen LogP contribution in [-0.2, 0) is 0 Å². The van der Waals surface area contributed by atoms with Gasteiger partial charge >= 0.3 is 0 Å². The van der Waals surface area contributed by atoms with Crippen molar-refractivity contribution < 1.29 is 14.9 Å². The Morgan fingerprint density at radius 2 is 1.58 bits per heavy atom. The van der Waals surface area contributed by atoms with Crippen molar-refractivity contribution in [1.82, 2.24) is 0 Å². The number of hydrogen-bond acceptors (Lipinski definition) is 4. The van der Waals surface area contributed by atoms with Gasteiger partial charge in [-0.2, -0.15) is 0 Å². The molecule has 0 bridgehead atoms. The fraction of sp³-hybridized carbons (Fsp3) is 0.600. The van der Waals surface area contributed by atoms with Crippen LogP contribution in [0.4, 0.5) is 5.69 Å². The highest BCUT2D eigenvalue weighted by molar-refractivity contribution is 5.41. The predicted molar refractivity (Wildman–Crippen MR) is 77.1 cm³/mol. The molecule has 0 radical (unpaired) electrons. The molecule has 19 heavy (non-hydrogen) atoms. The number of rotatable bonds is 10. The molecule has 0 amide bonds. The van der Waals surface area contributed by atoms with Crippen LogP contribution in [0.5, 0.6) is 5.75 Å². The summed E-state index contributed by atoms with van der Waals surface area (Å²) >= 11 is 0. The van der Waals surface area contributed by atoms with Gasteiger partial charge in [0.2, 0.25) is 0 Å². The summed E-state index contributed by atoms with van der Waals surface area (Å²) in [6.07, 6.45) is 5.19. The lowest BCUT2D eigenvalue weighted by atomic mass is 10.0. The number of nitrogens with two attached hydrogens (primary N) is 1. The molecule has 4 nitrogen and oxygen atoms in total. The van der Waals surface area contributed by atoms with Gasteiger partial charge in [0.05, 0.1) is 6.61 Å². The van der Waals surface area contributed by atoms with Gasteiger partial charge in [0.15, 0.2) is 0 Å². The quantitative estimate of drug-likeness (QED) is 0.449. The van der Waals surface area contributed by atoms with Crippen LogP contribution >= 0.6 is 0 Å². The maximum Gasteiger partial charge on any atom is 0.119 e. The molecular formula is C15H25NO3. The molecule has 0 fully saturated rings. The molecule has 0 unspecified atom stereocenters. The van der Waals surface area contributed by atoms with Crippen LogP contribution in [0.2, 0.25) is 0 Å². The molecule has 1 rings (SSSR count). The Bertz CT molecular complexity index is 323. The van der Waals surface area contributed by atoms with E-state index in [1.807, 2.05) is 24.3 Å². The molecule has 0 spiro atoms. The summed E-state index contributed by atoms with van der Waals surface area (Å²) in [5, 5.41) is 17.8. The highest BCUT2D eigenvalue weighted by Crippen LogP contribution is 2.14. The molecule has 0 aliphatic carbocycles. The van der Waals surface area contributed by atoms with E-state index < -0.39 is 0 Å². The lowest BCUT2D eigenvalue weighted by molar-refractivity contribution is 0.141. The summed E-state index contributed by atoms with van der Waals surface area (Å²) in [7, 11) is 0. The summed E-state index contributed by atoms with van der Waals surface area (Å²) in [4.78, 5) is 0. The highest BCUT2D eigenvalue weighted by atomic mass is 16.5. The van der Waals surface area contributed by atoms with Gasteiger partial charge in [0.25, 0.3) is 0 Å². The average molecular weight is 267 g/mol. The van der Waals surface area contributed by atoms with E-state index in [4.69, 9.17) is 20.7 Å². The fourth-order valence-corrected chi connectivity index (χ4v) is 1.88. The molecule has 0 aliphatic heterocycles. The minimum Gasteiger partial charge on any atom is -0.494 e. The Balaban J connectivity index is 1.98. The summed E-state index contributed by atoms with van der Waals surface area (Å²) in [6, 6.07) is 7.42. The number of unbranched alkanes of at least 4 members (excludes halogenated alkanes) is 3. The minimum atomic E-state index is 0.0472. The Morgan fingerprint density at radius 1 is 0.947 bits per heavy atom. The monoisotopic (exact) mass is 267 g/mol. The van der Waals surface area contributed by atoms with E-state index in [2.05, 4.69) is 0 Å². The van der Waals surface area contributed by atoms with Crippen LogP contribution in [0.3, 0.4) is 0 Å². The van der Waals surface area contributed by atoms with E-state index in [1.165, 1.54) is 0 Å². The number of ether oxygens (including phenoxy) is 1. The Morgan fingerprint density at radius 3 is 2.21 bits per heavy atom. The topological polar surface area (TPSA) is 75.7 Å². The predicted octanol–water partition coefficient (Wildman–Crippen LogP) is 2.20. The maximum absolute atomic E-state index is 8.92. The number of aliphatic hydroxyl groups is 2. The van der Waals surface area contributed by atoms with Crippen LogP contribution < -0.4 is 10.5 Å². The first kappa shape index (κ1) is 15.8. The summed E-state index contributed by atoms with van der Waals surface area (Å²) in [6.45, 7) is 0.876. The Hall–Kier alpha value is -1.26. The molecule has 108 valence electrons. The summed E-state index contributed by atoms with van der Waals surface area (Å²) < 4.78 is 5.60. The second-order valence-electron chi connectivity index (χ2n) is 4.85. The van der Waals surface area contributed by atoms with E-state index in [0.717, 1.165) is 43.5 Å². The van der Waals surface area contributed by atoms with E-state index >= 15 is 0 Å². The molecule has 4 N–H and O–H groups in total. The van der Waals surface area contributed by atoms with E-state index in [0.29, 0.717) is 6.61 Å². The van der Waals surface area contributed by atoms with Crippen molar-refractivity contribution in [1.29, 1.82) is 0 Å². The SMILES string of the molecule is Nc1ccc(OCCCCCCC(CO)CO)cc1. The lowest BCUT2D eigenvalue weighted by Gasteiger charge is -2.10. The number of hydrogen-bond donors (Lipinski definition) is 3. The molecule has 0 atom stereocenters. The zero-order valence-electron chi connectivity index (χ0n) is 11.4. The van der Waals surface area contributed by atoms with Crippen LogP contribution in [-0.4, -0.2) is 30.0 Å². The highest BCUT2D eigenvalue weighted by Gasteiger charge is 2.04. The second kappa shape index (κ2) is 9.64. The van der Waals surface area contributed by atoms with E-state index in [1.54, 1.807) is 0 Å². The molecule has 4 heteroatoms. The second-order valence-corrected chi connectivity index (χ2v) is 4.85. The zero-order chi connectivity index (χ0) is 13.9. The van der Waals surface area contributed by atoms with Gasteiger partial charge in [-0.3, -0.25) is 0 Å². The molecule has 1 aromatic carbocycles. The van der Waals surface area contributed by atoms with Crippen molar-refractivity contribution in [3.05, 3.63) is 24.3 Å². The fourth-order valence-electron chi connectivity index (χ4n) is 1.88. The zero-order valence-corrected chi connectivity index (χ0v) is 11.4. The van der Waals surface area contributed by atoms with Crippen LogP contribution in [0.15, 0.2) is 24.3 Å². The lowest BCUT2D eigenvalue weighted by Crippen LogP contribution is -2.10. The van der Waals surface area contributed by atoms with Crippen LogP contribution in [0.25, 0.3) is 0 Å². The molecular weight excluding hydrogens is 242 g/mol. The first-order valence-corrected chi connectivity index (χ1v) is 6.96. The molecule has 0 aromatic heterocycles. The van der Waals surface area contributed by atoms with Gasteiger partial charge in [-0.1, -0.05) is 19.3 Å². The third-order valence-corrected chi connectivity index (χ3v) is 3.17. The summed E-state index contributed by atoms with van der Waals surface area (Å²) in [5.41, 5.74) is 6.34. The van der Waals surface area contributed by atoms with Gasteiger partial charge in [-0.15, -0.1) is 0 Å². The third kappa shape index (κ3) is 7.03. The van der Waals surface area contributed by atoms with E-state index in [-0.39, 0.29) is 19.1 Å². The Kier molecular flexibility index (Phi) is 8.02. The van der Waals surface area contributed by atoms with Crippen molar-refractivity contribution in [2.75, 3.05) is 25.6 Å². The number of nitrogen functional groups attached to an aromatic ring is 1.